The van der Waals surface area contributed by atoms with Gasteiger partial charge in [-0.05, 0) is 67.1 Å². The lowest BCUT2D eigenvalue weighted by molar-refractivity contribution is -0.121. The summed E-state index contributed by atoms with van der Waals surface area (Å²) in [6, 6.07) is 7.84. The Labute approximate surface area is 157 Å². The first-order valence-corrected chi connectivity index (χ1v) is 9.12. The van der Waals surface area contributed by atoms with Gasteiger partial charge in [-0.15, -0.1) is 22.6 Å². The monoisotopic (exact) mass is 379 g/mol. The van der Waals surface area contributed by atoms with E-state index in [4.69, 9.17) is 5.73 Å². The fourth-order valence-corrected chi connectivity index (χ4v) is 4.79. The van der Waals surface area contributed by atoms with Gasteiger partial charge in [-0.1, -0.05) is 0 Å². The average Bonchev–Trinajstić information content (AvgIpc) is 3.26. The third-order valence-electron chi connectivity index (χ3n) is 5.28. The first-order valence-electron chi connectivity index (χ1n) is 8.30. The third-order valence-corrected chi connectivity index (χ3v) is 6.34. The van der Waals surface area contributed by atoms with E-state index in [-0.39, 0.29) is 30.3 Å². The maximum atomic E-state index is 12.6. The van der Waals surface area contributed by atoms with E-state index >= 15 is 0 Å². The van der Waals surface area contributed by atoms with Gasteiger partial charge in [0.25, 0.3) is 0 Å². The molecule has 6 nitrogen and oxygen atoms in total. The van der Waals surface area contributed by atoms with Crippen LogP contribution in [0.4, 0.5) is 5.69 Å². The van der Waals surface area contributed by atoms with Gasteiger partial charge in [0.15, 0.2) is 5.16 Å². The van der Waals surface area contributed by atoms with Crippen LogP contribution in [0.1, 0.15) is 19.3 Å². The molecular formula is C17H22ClN5OS. The average molecular weight is 380 g/mol. The summed E-state index contributed by atoms with van der Waals surface area (Å²) < 4.78 is 1.87. The minimum Gasteiger partial charge on any atom is -0.327 e. The molecule has 134 valence electrons. The minimum atomic E-state index is -0.0311. The Bertz CT molecular complexity index is 748. The second-order valence-electron chi connectivity index (χ2n) is 6.78. The highest BCUT2D eigenvalue weighted by molar-refractivity contribution is 7.99. The molecule has 2 saturated carbocycles. The van der Waals surface area contributed by atoms with Crippen LogP contribution in [0.2, 0.25) is 0 Å². The number of rotatable bonds is 4. The van der Waals surface area contributed by atoms with Crippen LogP contribution in [-0.2, 0) is 11.8 Å². The summed E-state index contributed by atoms with van der Waals surface area (Å²) in [4.78, 5) is 13.6. The van der Waals surface area contributed by atoms with E-state index in [0.717, 1.165) is 28.6 Å². The van der Waals surface area contributed by atoms with Gasteiger partial charge in [0.2, 0.25) is 5.91 Å². The SMILES string of the molecule is Cl.Cn1cnnc1Sc1ccc(NC(=O)C2C3CCC(C3)C2N)cc1. The molecule has 25 heavy (non-hydrogen) atoms. The van der Waals surface area contributed by atoms with Crippen LogP contribution < -0.4 is 11.1 Å². The molecule has 2 aliphatic rings. The summed E-state index contributed by atoms with van der Waals surface area (Å²) in [6.07, 6.45) is 5.12. The number of aromatic nitrogens is 3. The lowest BCUT2D eigenvalue weighted by Crippen LogP contribution is -2.42. The summed E-state index contributed by atoms with van der Waals surface area (Å²) in [5.74, 6) is 1.05. The summed E-state index contributed by atoms with van der Waals surface area (Å²) in [7, 11) is 1.91. The van der Waals surface area contributed by atoms with Gasteiger partial charge in [-0.2, -0.15) is 0 Å². The highest BCUT2D eigenvalue weighted by Crippen LogP contribution is 2.47. The molecule has 0 radical (unpaired) electrons. The van der Waals surface area contributed by atoms with Crippen LogP contribution in [0.15, 0.2) is 40.6 Å². The number of carbonyl (C=O) groups is 1. The zero-order valence-corrected chi connectivity index (χ0v) is 15.6. The number of hydrogen-bond acceptors (Lipinski definition) is 5. The number of nitrogens with one attached hydrogen (secondary N) is 1. The van der Waals surface area contributed by atoms with Crippen LogP contribution in [0, 0.1) is 17.8 Å². The van der Waals surface area contributed by atoms with Crippen molar-refractivity contribution in [2.24, 2.45) is 30.5 Å². The summed E-state index contributed by atoms with van der Waals surface area (Å²) in [6.45, 7) is 0. The van der Waals surface area contributed by atoms with Gasteiger partial charge in [0.1, 0.15) is 6.33 Å². The molecule has 0 saturated heterocycles. The Morgan fingerprint density at radius 1 is 1.28 bits per heavy atom. The lowest BCUT2D eigenvalue weighted by atomic mass is 9.84. The van der Waals surface area contributed by atoms with Gasteiger partial charge >= 0.3 is 0 Å². The predicted octanol–water partition coefficient (Wildman–Crippen LogP) is 2.70. The zero-order valence-electron chi connectivity index (χ0n) is 14.0. The molecule has 2 aromatic rings. The van der Waals surface area contributed by atoms with E-state index in [0.29, 0.717) is 11.8 Å². The van der Waals surface area contributed by atoms with Crippen LogP contribution in [-0.4, -0.2) is 26.7 Å². The Balaban J connectivity index is 0.00000182. The van der Waals surface area contributed by atoms with Gasteiger partial charge in [-0.3, -0.25) is 4.79 Å². The van der Waals surface area contributed by atoms with Gasteiger partial charge in [-0.25, -0.2) is 0 Å². The second-order valence-corrected chi connectivity index (χ2v) is 7.82. The predicted molar refractivity (Wildman–Crippen MR) is 99.7 cm³/mol. The zero-order chi connectivity index (χ0) is 16.7. The number of nitrogens with zero attached hydrogens (tertiary/aromatic N) is 3. The third kappa shape index (κ3) is 3.54. The van der Waals surface area contributed by atoms with Crippen molar-refractivity contribution in [1.82, 2.24) is 14.8 Å². The summed E-state index contributed by atoms with van der Waals surface area (Å²) in [5.41, 5.74) is 7.07. The van der Waals surface area contributed by atoms with E-state index in [1.807, 2.05) is 35.9 Å². The van der Waals surface area contributed by atoms with Crippen molar-refractivity contribution >= 4 is 35.8 Å². The molecule has 3 N–H and O–H groups in total. The van der Waals surface area contributed by atoms with E-state index in [1.165, 1.54) is 6.42 Å². The largest absolute Gasteiger partial charge is 0.327 e. The van der Waals surface area contributed by atoms with Crippen molar-refractivity contribution in [1.29, 1.82) is 0 Å². The quantitative estimate of drug-likeness (QED) is 0.852. The van der Waals surface area contributed by atoms with Crippen molar-refractivity contribution in [2.45, 2.75) is 35.4 Å². The summed E-state index contributed by atoms with van der Waals surface area (Å²) >= 11 is 1.54. The Morgan fingerprint density at radius 2 is 2.00 bits per heavy atom. The second kappa shape index (κ2) is 7.35. The number of amides is 1. The minimum absolute atomic E-state index is 0. The maximum absolute atomic E-state index is 12.6. The Hall–Kier alpha value is -1.57. The molecule has 0 aliphatic heterocycles. The molecule has 1 aromatic heterocycles. The molecule has 8 heteroatoms. The molecule has 1 aromatic carbocycles. The van der Waals surface area contributed by atoms with E-state index < -0.39 is 0 Å². The van der Waals surface area contributed by atoms with Crippen molar-refractivity contribution in [3.63, 3.8) is 0 Å². The van der Waals surface area contributed by atoms with Crippen molar-refractivity contribution in [3.8, 4) is 0 Å². The molecule has 4 unspecified atom stereocenters. The number of carbonyl (C=O) groups excluding carboxylic acids is 1. The first-order chi connectivity index (χ1) is 11.6. The summed E-state index contributed by atoms with van der Waals surface area (Å²) in [5, 5.41) is 11.8. The molecule has 2 aliphatic carbocycles. The van der Waals surface area contributed by atoms with Crippen molar-refractivity contribution in [3.05, 3.63) is 30.6 Å². The van der Waals surface area contributed by atoms with Gasteiger partial charge in [0, 0.05) is 23.7 Å². The van der Waals surface area contributed by atoms with Crippen LogP contribution >= 0.6 is 24.2 Å². The van der Waals surface area contributed by atoms with Crippen molar-refractivity contribution < 1.29 is 4.79 Å². The molecule has 2 fully saturated rings. The first kappa shape index (κ1) is 18.2. The smallest absolute Gasteiger partial charge is 0.229 e. The molecule has 1 amide bonds. The fourth-order valence-electron chi connectivity index (χ4n) is 4.03. The number of fused-ring (bicyclic) bond motifs is 2. The molecule has 2 bridgehead atoms. The van der Waals surface area contributed by atoms with E-state index in [1.54, 1.807) is 18.1 Å². The van der Waals surface area contributed by atoms with Gasteiger partial charge < -0.3 is 15.6 Å². The Morgan fingerprint density at radius 3 is 2.60 bits per heavy atom. The number of halogens is 1. The number of hydrogen-bond donors (Lipinski definition) is 2. The number of aryl methyl sites for hydroxylation is 1. The van der Waals surface area contributed by atoms with Crippen LogP contribution in [0.5, 0.6) is 0 Å². The normalized spacial score (nSPS) is 27.1. The fraction of sp³-hybridized carbons (Fsp3) is 0.471. The van der Waals surface area contributed by atoms with E-state index in [9.17, 15) is 4.79 Å². The highest BCUT2D eigenvalue weighted by Gasteiger charge is 2.49. The Kier molecular flexibility index (Phi) is 5.36. The number of benzene rings is 1. The number of anilines is 1. The molecule has 4 atom stereocenters. The lowest BCUT2D eigenvalue weighted by Gasteiger charge is -2.27. The molecule has 0 spiro atoms. The molecule has 1 heterocycles. The van der Waals surface area contributed by atoms with Crippen LogP contribution in [0.3, 0.4) is 0 Å². The highest BCUT2D eigenvalue weighted by atomic mass is 35.5. The maximum Gasteiger partial charge on any atom is 0.229 e. The molecular weight excluding hydrogens is 358 g/mol. The standard InChI is InChI=1S/C17H21N5OS.ClH/c1-22-9-19-21-17(22)24-13-6-4-12(5-7-13)20-16(23)14-10-2-3-11(8-10)15(14)18;/h4-7,9-11,14-15H,2-3,8,18H2,1H3,(H,20,23);1H. The van der Waals surface area contributed by atoms with Crippen molar-refractivity contribution in [2.75, 3.05) is 5.32 Å². The molecule has 4 rings (SSSR count). The van der Waals surface area contributed by atoms with E-state index in [2.05, 4.69) is 15.5 Å². The topological polar surface area (TPSA) is 85.8 Å². The van der Waals surface area contributed by atoms with Crippen LogP contribution in [0.25, 0.3) is 0 Å². The van der Waals surface area contributed by atoms with Gasteiger partial charge in [0.05, 0.1) is 5.92 Å². The number of nitrogens with two attached hydrogens (primary N) is 1.